The molecule has 2 rings (SSSR count). The van der Waals surface area contributed by atoms with Gasteiger partial charge in [-0.05, 0) is 12.1 Å². The van der Waals surface area contributed by atoms with Crippen LogP contribution in [0.5, 0.6) is 11.5 Å². The van der Waals surface area contributed by atoms with E-state index in [1.165, 1.54) is 12.1 Å². The number of fused-ring (bicyclic) bond motifs is 1. The molecular weight excluding hydrogens is 277 g/mol. The standard InChI is InChI=1S/C12H13F3N2O3/c13-12(14,15)7-16-11(18)17-8-2-3-9-10(6-8)20-5-1-4-19-9/h2-3,6H,1,4-5,7H2,(H2,16,17,18). The maximum atomic E-state index is 11.9. The van der Waals surface area contributed by atoms with Crippen LogP contribution in [0, 0.1) is 0 Å². The summed E-state index contributed by atoms with van der Waals surface area (Å²) >= 11 is 0. The third-order valence-electron chi connectivity index (χ3n) is 2.45. The smallest absolute Gasteiger partial charge is 0.405 e. The van der Waals surface area contributed by atoms with Gasteiger partial charge in [-0.15, -0.1) is 0 Å². The van der Waals surface area contributed by atoms with Gasteiger partial charge in [-0.25, -0.2) is 4.79 Å². The van der Waals surface area contributed by atoms with Crippen molar-refractivity contribution in [2.75, 3.05) is 25.1 Å². The van der Waals surface area contributed by atoms with Crippen molar-refractivity contribution >= 4 is 11.7 Å². The van der Waals surface area contributed by atoms with Gasteiger partial charge >= 0.3 is 12.2 Å². The van der Waals surface area contributed by atoms with E-state index in [2.05, 4.69) is 5.32 Å². The lowest BCUT2D eigenvalue weighted by Gasteiger charge is -2.12. The number of hydrogen-bond acceptors (Lipinski definition) is 3. The van der Waals surface area contributed by atoms with E-state index in [-0.39, 0.29) is 0 Å². The number of urea groups is 1. The fourth-order valence-electron chi connectivity index (χ4n) is 1.60. The van der Waals surface area contributed by atoms with Crippen LogP contribution in [0.1, 0.15) is 6.42 Å². The molecule has 8 heteroatoms. The highest BCUT2D eigenvalue weighted by Gasteiger charge is 2.27. The van der Waals surface area contributed by atoms with Gasteiger partial charge in [-0.2, -0.15) is 13.2 Å². The summed E-state index contributed by atoms with van der Waals surface area (Å²) in [5.41, 5.74) is 0.328. The van der Waals surface area contributed by atoms with Crippen LogP contribution in [0.25, 0.3) is 0 Å². The SMILES string of the molecule is O=C(NCC(F)(F)F)Nc1ccc2c(c1)OCCCO2. The number of amides is 2. The number of nitrogens with one attached hydrogen (secondary N) is 2. The first kappa shape index (κ1) is 14.3. The Morgan fingerprint density at radius 1 is 1.20 bits per heavy atom. The van der Waals surface area contributed by atoms with Gasteiger partial charge in [0.15, 0.2) is 11.5 Å². The summed E-state index contributed by atoms with van der Waals surface area (Å²) in [6.45, 7) is -0.369. The molecule has 0 aliphatic carbocycles. The van der Waals surface area contributed by atoms with Crippen molar-refractivity contribution in [2.45, 2.75) is 12.6 Å². The molecule has 0 fully saturated rings. The van der Waals surface area contributed by atoms with Gasteiger partial charge in [0.1, 0.15) is 6.54 Å². The molecule has 110 valence electrons. The van der Waals surface area contributed by atoms with Crippen molar-refractivity contribution in [3.63, 3.8) is 0 Å². The quantitative estimate of drug-likeness (QED) is 0.880. The van der Waals surface area contributed by atoms with Gasteiger partial charge in [-0.1, -0.05) is 0 Å². The number of carbonyl (C=O) groups is 1. The fraction of sp³-hybridized carbons (Fsp3) is 0.417. The Bertz CT molecular complexity index is 491. The van der Waals surface area contributed by atoms with Crippen molar-refractivity contribution in [1.29, 1.82) is 0 Å². The van der Waals surface area contributed by atoms with Crippen LogP contribution in [0.2, 0.25) is 0 Å². The number of hydrogen-bond donors (Lipinski definition) is 2. The van der Waals surface area contributed by atoms with Gasteiger partial charge < -0.3 is 20.1 Å². The second-order valence-electron chi connectivity index (χ2n) is 4.13. The molecule has 0 spiro atoms. The molecule has 0 bridgehead atoms. The van der Waals surface area contributed by atoms with Crippen LogP contribution in [-0.4, -0.2) is 32.0 Å². The predicted molar refractivity (Wildman–Crippen MR) is 65.1 cm³/mol. The second kappa shape index (κ2) is 5.89. The van der Waals surface area contributed by atoms with Crippen LogP contribution in [0.4, 0.5) is 23.7 Å². The molecular formula is C12H13F3N2O3. The van der Waals surface area contributed by atoms with Crippen molar-refractivity contribution in [3.8, 4) is 11.5 Å². The largest absolute Gasteiger partial charge is 0.490 e. The Kier molecular flexibility index (Phi) is 4.21. The maximum absolute atomic E-state index is 11.9. The molecule has 0 radical (unpaired) electrons. The molecule has 1 heterocycles. The number of ether oxygens (including phenoxy) is 2. The zero-order chi connectivity index (χ0) is 14.6. The van der Waals surface area contributed by atoms with E-state index in [4.69, 9.17) is 9.47 Å². The molecule has 20 heavy (non-hydrogen) atoms. The number of rotatable bonds is 2. The van der Waals surface area contributed by atoms with E-state index in [1.807, 2.05) is 0 Å². The summed E-state index contributed by atoms with van der Waals surface area (Å²) in [6, 6.07) is 3.70. The Morgan fingerprint density at radius 3 is 2.60 bits per heavy atom. The Balaban J connectivity index is 1.96. The molecule has 0 saturated carbocycles. The van der Waals surface area contributed by atoms with E-state index >= 15 is 0 Å². The Morgan fingerprint density at radius 2 is 1.90 bits per heavy atom. The molecule has 2 amide bonds. The van der Waals surface area contributed by atoms with Crippen molar-refractivity contribution in [3.05, 3.63) is 18.2 Å². The normalized spacial score (nSPS) is 14.3. The van der Waals surface area contributed by atoms with Crippen LogP contribution < -0.4 is 20.1 Å². The number of alkyl halides is 3. The monoisotopic (exact) mass is 290 g/mol. The predicted octanol–water partition coefficient (Wildman–Crippen LogP) is 2.53. The minimum absolute atomic E-state index is 0.328. The van der Waals surface area contributed by atoms with Gasteiger partial charge in [0.2, 0.25) is 0 Å². The van der Waals surface area contributed by atoms with Crippen LogP contribution in [0.15, 0.2) is 18.2 Å². The first-order chi connectivity index (χ1) is 9.44. The zero-order valence-corrected chi connectivity index (χ0v) is 10.4. The average molecular weight is 290 g/mol. The molecule has 0 atom stereocenters. The molecule has 0 saturated heterocycles. The van der Waals surface area contributed by atoms with Crippen LogP contribution >= 0.6 is 0 Å². The van der Waals surface area contributed by atoms with Gasteiger partial charge in [0.05, 0.1) is 13.2 Å². The summed E-state index contributed by atoms with van der Waals surface area (Å²) in [7, 11) is 0. The summed E-state index contributed by atoms with van der Waals surface area (Å²) in [4.78, 5) is 11.3. The first-order valence-corrected chi connectivity index (χ1v) is 5.95. The molecule has 0 aromatic heterocycles. The average Bonchev–Trinajstić information content (AvgIpc) is 2.60. The van der Waals surface area contributed by atoms with Crippen molar-refractivity contribution in [1.82, 2.24) is 5.32 Å². The van der Waals surface area contributed by atoms with E-state index in [0.29, 0.717) is 30.4 Å². The lowest BCUT2D eigenvalue weighted by molar-refractivity contribution is -0.122. The van der Waals surface area contributed by atoms with Crippen molar-refractivity contribution in [2.24, 2.45) is 0 Å². The lowest BCUT2D eigenvalue weighted by atomic mass is 10.3. The zero-order valence-electron chi connectivity index (χ0n) is 10.4. The third-order valence-corrected chi connectivity index (χ3v) is 2.45. The molecule has 2 N–H and O–H groups in total. The molecule has 1 aliphatic rings. The van der Waals surface area contributed by atoms with Gasteiger partial charge in [0, 0.05) is 18.2 Å². The summed E-state index contributed by atoms with van der Waals surface area (Å²) in [6.07, 6.45) is -3.70. The number of anilines is 1. The highest BCUT2D eigenvalue weighted by Crippen LogP contribution is 2.32. The number of halogens is 3. The maximum Gasteiger partial charge on any atom is 0.405 e. The minimum Gasteiger partial charge on any atom is -0.490 e. The minimum atomic E-state index is -4.44. The summed E-state index contributed by atoms with van der Waals surface area (Å²) < 4.78 is 46.6. The molecule has 1 aromatic carbocycles. The lowest BCUT2D eigenvalue weighted by Crippen LogP contribution is -2.36. The molecule has 5 nitrogen and oxygen atoms in total. The number of carbonyl (C=O) groups excluding carboxylic acids is 1. The van der Waals surface area contributed by atoms with Crippen LogP contribution in [-0.2, 0) is 0 Å². The Hall–Kier alpha value is -2.12. The van der Waals surface area contributed by atoms with E-state index in [0.717, 1.165) is 6.42 Å². The second-order valence-corrected chi connectivity index (χ2v) is 4.13. The third kappa shape index (κ3) is 4.22. The van der Waals surface area contributed by atoms with E-state index in [9.17, 15) is 18.0 Å². The van der Waals surface area contributed by atoms with Gasteiger partial charge in [-0.3, -0.25) is 0 Å². The highest BCUT2D eigenvalue weighted by molar-refractivity contribution is 5.89. The van der Waals surface area contributed by atoms with Crippen molar-refractivity contribution < 1.29 is 27.4 Å². The fourth-order valence-corrected chi connectivity index (χ4v) is 1.60. The highest BCUT2D eigenvalue weighted by atomic mass is 19.4. The number of benzene rings is 1. The molecule has 1 aliphatic heterocycles. The summed E-state index contributed by atoms with van der Waals surface area (Å²) in [5, 5.41) is 4.02. The molecule has 1 aromatic rings. The molecule has 0 unspecified atom stereocenters. The topological polar surface area (TPSA) is 59.6 Å². The van der Waals surface area contributed by atoms with E-state index in [1.54, 1.807) is 11.4 Å². The Labute approximate surface area is 113 Å². The van der Waals surface area contributed by atoms with Gasteiger partial charge in [0.25, 0.3) is 0 Å². The van der Waals surface area contributed by atoms with E-state index < -0.39 is 18.8 Å². The summed E-state index contributed by atoms with van der Waals surface area (Å²) in [5.74, 6) is 1.000. The van der Waals surface area contributed by atoms with Crippen LogP contribution in [0.3, 0.4) is 0 Å². The first-order valence-electron chi connectivity index (χ1n) is 5.95.